The van der Waals surface area contributed by atoms with Crippen molar-refractivity contribution in [1.82, 2.24) is 0 Å². The highest BCUT2D eigenvalue weighted by Crippen LogP contribution is 2.31. The Bertz CT molecular complexity index is 639. The Kier molecular flexibility index (Phi) is 5.49. The first-order valence-electron chi connectivity index (χ1n) is 8.76. The summed E-state index contributed by atoms with van der Waals surface area (Å²) in [6.07, 6.45) is 8.09. The average Bonchev–Trinajstić information content (AvgIpc) is 2.57. The molecule has 0 N–H and O–H groups in total. The van der Waals surface area contributed by atoms with E-state index in [1.165, 1.54) is 37.7 Å². The van der Waals surface area contributed by atoms with E-state index in [2.05, 4.69) is 40.4 Å². The van der Waals surface area contributed by atoms with Gasteiger partial charge in [0.1, 0.15) is 5.82 Å². The molecule has 1 unspecified atom stereocenters. The summed E-state index contributed by atoms with van der Waals surface area (Å²) in [5, 5.41) is 0.618. The molecule has 0 radical (unpaired) electrons. The highest BCUT2D eigenvalue weighted by atomic mass is 31.0. The van der Waals surface area contributed by atoms with Gasteiger partial charge in [-0.1, -0.05) is 69.0 Å². The molecule has 2 aromatic carbocycles. The fraction of sp³-hybridized carbons (Fsp3) is 0.429. The van der Waals surface area contributed by atoms with Crippen molar-refractivity contribution in [1.29, 1.82) is 0 Å². The lowest BCUT2D eigenvalue weighted by Crippen LogP contribution is -2.12. The largest absolute Gasteiger partial charge is 0.206 e. The van der Waals surface area contributed by atoms with E-state index < -0.39 is 0 Å². The van der Waals surface area contributed by atoms with Crippen molar-refractivity contribution >= 4 is 14.5 Å². The Morgan fingerprint density at radius 2 is 1.61 bits per heavy atom. The molecule has 0 bridgehead atoms. The molecule has 3 rings (SSSR count). The highest BCUT2D eigenvalue weighted by Gasteiger charge is 2.17. The normalized spacial score (nSPS) is 21.3. The minimum absolute atomic E-state index is 0.164. The molecule has 0 heterocycles. The molecular formula is C21H26FP. The number of rotatable bonds is 4. The summed E-state index contributed by atoms with van der Waals surface area (Å²) in [5.74, 6) is 1.68. The first-order valence-corrected chi connectivity index (χ1v) is 9.34. The van der Waals surface area contributed by atoms with Crippen LogP contribution in [0.5, 0.6) is 0 Å². The minimum Gasteiger partial charge on any atom is -0.206 e. The molecule has 1 fully saturated rings. The van der Waals surface area contributed by atoms with Gasteiger partial charge >= 0.3 is 0 Å². The van der Waals surface area contributed by atoms with Gasteiger partial charge in [0.05, 0.1) is 0 Å². The zero-order chi connectivity index (χ0) is 16.2. The number of halogens is 1. The molecule has 23 heavy (non-hydrogen) atoms. The van der Waals surface area contributed by atoms with Gasteiger partial charge in [0, 0.05) is 5.30 Å². The second-order valence-electron chi connectivity index (χ2n) is 7.10. The average molecular weight is 328 g/mol. The minimum atomic E-state index is -0.164. The lowest BCUT2D eigenvalue weighted by atomic mass is 9.80. The molecule has 1 atom stereocenters. The van der Waals surface area contributed by atoms with Crippen LogP contribution in [0.15, 0.2) is 42.5 Å². The molecule has 0 aromatic heterocycles. The molecule has 0 saturated heterocycles. The summed E-state index contributed by atoms with van der Waals surface area (Å²) in [4.78, 5) is 0. The van der Waals surface area contributed by atoms with E-state index >= 15 is 0 Å². The van der Waals surface area contributed by atoms with E-state index in [0.717, 1.165) is 29.4 Å². The smallest absolute Gasteiger partial charge is 0.130 e. The van der Waals surface area contributed by atoms with Crippen molar-refractivity contribution < 1.29 is 4.39 Å². The van der Waals surface area contributed by atoms with E-state index in [0.29, 0.717) is 5.30 Å². The summed E-state index contributed by atoms with van der Waals surface area (Å²) < 4.78 is 13.7. The van der Waals surface area contributed by atoms with Crippen LogP contribution >= 0.6 is 9.24 Å². The van der Waals surface area contributed by atoms with Crippen LogP contribution in [0.25, 0.3) is 11.1 Å². The van der Waals surface area contributed by atoms with Gasteiger partial charge in [-0.2, -0.15) is 0 Å². The van der Waals surface area contributed by atoms with Crippen LogP contribution < -0.4 is 5.30 Å². The SMILES string of the molecule is CC1CCC(CCc2ccc(-c3ccc(P)c(F)c3)cc2)CC1. The van der Waals surface area contributed by atoms with Crippen molar-refractivity contribution in [3.8, 4) is 11.1 Å². The third-order valence-electron chi connectivity index (χ3n) is 5.26. The third-order valence-corrected chi connectivity index (χ3v) is 5.73. The molecule has 2 heteroatoms. The molecule has 0 aliphatic heterocycles. The van der Waals surface area contributed by atoms with Gasteiger partial charge in [-0.3, -0.25) is 0 Å². The van der Waals surface area contributed by atoms with Gasteiger partial charge in [0.15, 0.2) is 0 Å². The first-order chi connectivity index (χ1) is 11.1. The molecule has 0 amide bonds. The lowest BCUT2D eigenvalue weighted by molar-refractivity contribution is 0.278. The van der Waals surface area contributed by atoms with Gasteiger partial charge in [-0.25, -0.2) is 4.39 Å². The van der Waals surface area contributed by atoms with Gasteiger partial charge in [-0.15, -0.1) is 9.24 Å². The van der Waals surface area contributed by atoms with Crippen molar-refractivity contribution in [2.45, 2.75) is 45.4 Å². The molecular weight excluding hydrogens is 302 g/mol. The van der Waals surface area contributed by atoms with E-state index in [9.17, 15) is 4.39 Å². The predicted octanol–water partition coefficient (Wildman–Crippen LogP) is 5.75. The van der Waals surface area contributed by atoms with Crippen molar-refractivity contribution in [3.05, 3.63) is 53.8 Å². The standard InChI is InChI=1S/C21H26FP/c1-15-2-4-16(5-3-15)6-7-17-8-10-18(11-9-17)19-12-13-21(23)20(22)14-19/h8-16H,2-7,23H2,1H3. The summed E-state index contributed by atoms with van der Waals surface area (Å²) in [7, 11) is 2.42. The number of hydrogen-bond acceptors (Lipinski definition) is 0. The molecule has 1 saturated carbocycles. The van der Waals surface area contributed by atoms with Crippen molar-refractivity contribution in [3.63, 3.8) is 0 Å². The van der Waals surface area contributed by atoms with Gasteiger partial charge in [-0.05, 0) is 47.4 Å². The second kappa shape index (κ2) is 7.58. The van der Waals surface area contributed by atoms with Crippen molar-refractivity contribution in [2.24, 2.45) is 11.8 Å². The molecule has 1 aliphatic rings. The van der Waals surface area contributed by atoms with E-state index in [1.54, 1.807) is 6.07 Å². The van der Waals surface area contributed by atoms with Gasteiger partial charge < -0.3 is 0 Å². The quantitative estimate of drug-likeness (QED) is 0.627. The van der Waals surface area contributed by atoms with E-state index in [-0.39, 0.29) is 5.82 Å². The number of aryl methyl sites for hydroxylation is 1. The summed E-state index contributed by atoms with van der Waals surface area (Å²) in [6, 6.07) is 14.0. The maximum absolute atomic E-state index is 13.7. The molecule has 2 aromatic rings. The molecule has 1 aliphatic carbocycles. The Balaban J connectivity index is 1.59. The number of hydrogen-bond donors (Lipinski definition) is 0. The Morgan fingerprint density at radius 1 is 0.957 bits per heavy atom. The topological polar surface area (TPSA) is 0 Å². The summed E-state index contributed by atoms with van der Waals surface area (Å²) >= 11 is 0. The zero-order valence-electron chi connectivity index (χ0n) is 13.9. The monoisotopic (exact) mass is 328 g/mol. The van der Waals surface area contributed by atoms with Gasteiger partial charge in [0.2, 0.25) is 0 Å². The Labute approximate surface area is 141 Å². The van der Waals surface area contributed by atoms with Crippen LogP contribution in [0.3, 0.4) is 0 Å². The predicted molar refractivity (Wildman–Crippen MR) is 101 cm³/mol. The van der Waals surface area contributed by atoms with Crippen LogP contribution in [0.1, 0.15) is 44.6 Å². The van der Waals surface area contributed by atoms with E-state index in [4.69, 9.17) is 0 Å². The number of benzene rings is 2. The first kappa shape index (κ1) is 16.7. The van der Waals surface area contributed by atoms with Crippen LogP contribution in [0.4, 0.5) is 4.39 Å². The Morgan fingerprint density at radius 3 is 2.26 bits per heavy atom. The van der Waals surface area contributed by atoms with Crippen molar-refractivity contribution in [2.75, 3.05) is 0 Å². The highest BCUT2D eigenvalue weighted by molar-refractivity contribution is 7.27. The fourth-order valence-corrected chi connectivity index (χ4v) is 3.74. The molecule has 122 valence electrons. The second-order valence-corrected chi connectivity index (χ2v) is 7.72. The third kappa shape index (κ3) is 4.42. The summed E-state index contributed by atoms with van der Waals surface area (Å²) in [5.41, 5.74) is 3.43. The lowest BCUT2D eigenvalue weighted by Gasteiger charge is -2.26. The maximum atomic E-state index is 13.7. The molecule has 0 nitrogen and oxygen atoms in total. The van der Waals surface area contributed by atoms with Crippen LogP contribution in [-0.4, -0.2) is 0 Å². The summed E-state index contributed by atoms with van der Waals surface area (Å²) in [6.45, 7) is 2.38. The Hall–Kier alpha value is -1.20. The van der Waals surface area contributed by atoms with Crippen LogP contribution in [-0.2, 0) is 6.42 Å². The fourth-order valence-electron chi connectivity index (χ4n) is 3.56. The van der Waals surface area contributed by atoms with Crippen LogP contribution in [0.2, 0.25) is 0 Å². The zero-order valence-corrected chi connectivity index (χ0v) is 15.0. The van der Waals surface area contributed by atoms with Gasteiger partial charge in [0.25, 0.3) is 0 Å². The maximum Gasteiger partial charge on any atom is 0.130 e. The van der Waals surface area contributed by atoms with Crippen LogP contribution in [0, 0.1) is 17.7 Å². The molecule has 0 spiro atoms. The van der Waals surface area contributed by atoms with E-state index in [1.807, 2.05) is 12.1 Å².